The zero-order chi connectivity index (χ0) is 27.4. The van der Waals surface area contributed by atoms with Crippen LogP contribution in [0.15, 0.2) is 0 Å². The van der Waals surface area contributed by atoms with Gasteiger partial charge in [0.25, 0.3) is 0 Å². The van der Waals surface area contributed by atoms with Crippen LogP contribution >= 0.6 is 0 Å². The highest BCUT2D eigenvalue weighted by Gasteiger charge is 2.51. The molecule has 15 atom stereocenters. The van der Waals surface area contributed by atoms with Gasteiger partial charge in [-0.15, -0.1) is 0 Å². The topological polar surface area (TPSA) is 248 Å². The fraction of sp³-hybridized carbons (Fsp3) is 1.00. The Morgan fingerprint density at radius 1 is 0.568 bits per heavy atom. The molecule has 15 heteroatoms. The summed E-state index contributed by atoms with van der Waals surface area (Å²) in [6.07, 6.45) is -20.3. The lowest BCUT2D eigenvalue weighted by Crippen LogP contribution is -2.65. The van der Waals surface area contributed by atoms with E-state index in [2.05, 4.69) is 0 Å². The molecule has 0 spiro atoms. The molecular weight excluding hydrogens is 504 g/mol. The number of aliphatic hydroxyl groups excluding tert-OH is 10. The zero-order valence-electron chi connectivity index (χ0n) is 20.4. The number of aliphatic hydroxyl groups is 10. The molecule has 15 nitrogen and oxygen atoms in total. The van der Waals surface area contributed by atoms with Gasteiger partial charge in [0.05, 0.1) is 25.9 Å². The van der Waals surface area contributed by atoms with Crippen molar-refractivity contribution in [1.29, 1.82) is 0 Å². The van der Waals surface area contributed by atoms with Gasteiger partial charge in [0.2, 0.25) is 0 Å². The van der Waals surface area contributed by atoms with Crippen molar-refractivity contribution in [1.82, 2.24) is 0 Å². The Kier molecular flexibility index (Phi) is 11.4. The molecule has 10 N–H and O–H groups in total. The molecule has 3 saturated heterocycles. The summed E-state index contributed by atoms with van der Waals surface area (Å²) in [6, 6.07) is 0. The van der Waals surface area contributed by atoms with E-state index in [9.17, 15) is 51.1 Å². The highest BCUT2D eigenvalue weighted by atomic mass is 16.7. The first kappa shape index (κ1) is 30.9. The van der Waals surface area contributed by atoms with Crippen LogP contribution in [0.2, 0.25) is 0 Å². The lowest BCUT2D eigenvalue weighted by molar-refractivity contribution is -0.347. The van der Waals surface area contributed by atoms with Crippen molar-refractivity contribution in [2.75, 3.05) is 19.8 Å². The molecule has 0 aromatic rings. The lowest BCUT2D eigenvalue weighted by Gasteiger charge is -2.47. The molecule has 3 aliphatic heterocycles. The van der Waals surface area contributed by atoms with Gasteiger partial charge in [0.1, 0.15) is 73.2 Å². The molecule has 0 bridgehead atoms. The van der Waals surface area contributed by atoms with Crippen LogP contribution in [0.25, 0.3) is 0 Å². The van der Waals surface area contributed by atoms with E-state index >= 15 is 0 Å². The van der Waals surface area contributed by atoms with Gasteiger partial charge in [-0.1, -0.05) is 19.8 Å². The molecule has 3 rings (SSSR count). The molecule has 0 aromatic heterocycles. The van der Waals surface area contributed by atoms with Gasteiger partial charge in [-0.2, -0.15) is 0 Å². The molecule has 0 aliphatic carbocycles. The lowest BCUT2D eigenvalue weighted by atomic mass is 9.91. The Hall–Kier alpha value is -0.600. The highest BCUT2D eigenvalue weighted by Crippen LogP contribution is 2.31. The molecule has 0 radical (unpaired) electrons. The monoisotopic (exact) mass is 544 g/mol. The summed E-state index contributed by atoms with van der Waals surface area (Å²) < 4.78 is 27.6. The summed E-state index contributed by atoms with van der Waals surface area (Å²) in [5.74, 6) is 0. The van der Waals surface area contributed by atoms with Crippen LogP contribution in [0, 0.1) is 0 Å². The fourth-order valence-corrected chi connectivity index (χ4v) is 4.68. The summed E-state index contributed by atoms with van der Waals surface area (Å²) in [4.78, 5) is 0. The molecule has 3 fully saturated rings. The number of hydrogen-bond donors (Lipinski definition) is 10. The molecule has 3 heterocycles. The second-order valence-electron chi connectivity index (χ2n) is 9.66. The van der Waals surface area contributed by atoms with Gasteiger partial charge < -0.3 is 74.7 Å². The van der Waals surface area contributed by atoms with E-state index in [1.807, 2.05) is 6.92 Å². The van der Waals surface area contributed by atoms with Gasteiger partial charge in [0, 0.05) is 0 Å². The molecule has 218 valence electrons. The van der Waals surface area contributed by atoms with E-state index < -0.39 is 112 Å². The standard InChI is InChI=1S/C22H40O15/c1-2-3-4-8-14(27)20(37-22-19(32)17(30)13(26)10(6-24)36-22)15(28)11(34-8)7-33-21-18(31)16(29)12(25)9(5-23)35-21/h8-32H,2-7H2,1H3/t8-,9-,10-,11-,12-,13-,14-,15-,16+,17+,18+,19+,20-,21?,22-/m1/s1. The average molecular weight is 545 g/mol. The largest absolute Gasteiger partial charge is 0.394 e. The van der Waals surface area contributed by atoms with E-state index in [1.54, 1.807) is 0 Å². The van der Waals surface area contributed by atoms with Gasteiger partial charge in [-0.05, 0) is 6.42 Å². The predicted molar refractivity (Wildman–Crippen MR) is 119 cm³/mol. The number of ether oxygens (including phenoxy) is 5. The summed E-state index contributed by atoms with van der Waals surface area (Å²) >= 11 is 0. The quantitative estimate of drug-likeness (QED) is 0.123. The predicted octanol–water partition coefficient (Wildman–Crippen LogP) is -5.33. The summed E-state index contributed by atoms with van der Waals surface area (Å²) in [7, 11) is 0. The summed E-state index contributed by atoms with van der Waals surface area (Å²) in [5.41, 5.74) is 0. The Morgan fingerprint density at radius 2 is 1.08 bits per heavy atom. The first-order chi connectivity index (χ1) is 17.5. The van der Waals surface area contributed by atoms with Crippen LogP contribution in [0.5, 0.6) is 0 Å². The normalized spacial score (nSPS) is 49.2. The zero-order valence-corrected chi connectivity index (χ0v) is 20.4. The van der Waals surface area contributed by atoms with Crippen molar-refractivity contribution < 1.29 is 74.7 Å². The first-order valence-corrected chi connectivity index (χ1v) is 12.4. The fourth-order valence-electron chi connectivity index (χ4n) is 4.68. The summed E-state index contributed by atoms with van der Waals surface area (Å²) in [5, 5.41) is 101. The van der Waals surface area contributed by atoms with Crippen molar-refractivity contribution in [2.24, 2.45) is 0 Å². The second-order valence-corrected chi connectivity index (χ2v) is 9.66. The van der Waals surface area contributed by atoms with Crippen molar-refractivity contribution in [3.8, 4) is 0 Å². The van der Waals surface area contributed by atoms with Crippen molar-refractivity contribution in [2.45, 2.75) is 118 Å². The molecule has 0 aromatic carbocycles. The van der Waals surface area contributed by atoms with Gasteiger partial charge in [-0.25, -0.2) is 0 Å². The van der Waals surface area contributed by atoms with Gasteiger partial charge >= 0.3 is 0 Å². The first-order valence-electron chi connectivity index (χ1n) is 12.4. The van der Waals surface area contributed by atoms with E-state index in [1.165, 1.54) is 0 Å². The summed E-state index contributed by atoms with van der Waals surface area (Å²) in [6.45, 7) is 0.130. The number of hydrogen-bond acceptors (Lipinski definition) is 15. The minimum atomic E-state index is -1.77. The average Bonchev–Trinajstić information content (AvgIpc) is 2.89. The van der Waals surface area contributed by atoms with Crippen molar-refractivity contribution in [3.63, 3.8) is 0 Å². The van der Waals surface area contributed by atoms with Crippen LogP contribution in [-0.4, -0.2) is 163 Å². The maximum Gasteiger partial charge on any atom is 0.187 e. The molecule has 0 amide bonds. The van der Waals surface area contributed by atoms with Crippen LogP contribution in [-0.2, 0) is 23.7 Å². The molecule has 0 saturated carbocycles. The highest BCUT2D eigenvalue weighted by molar-refractivity contribution is 4.96. The molecule has 1 unspecified atom stereocenters. The second kappa shape index (κ2) is 13.6. The van der Waals surface area contributed by atoms with Crippen LogP contribution < -0.4 is 0 Å². The smallest absolute Gasteiger partial charge is 0.187 e. The van der Waals surface area contributed by atoms with Crippen molar-refractivity contribution >= 4 is 0 Å². The minimum Gasteiger partial charge on any atom is -0.394 e. The number of rotatable bonds is 10. The maximum absolute atomic E-state index is 11.0. The van der Waals surface area contributed by atoms with Crippen molar-refractivity contribution in [3.05, 3.63) is 0 Å². The molecular formula is C22H40O15. The van der Waals surface area contributed by atoms with Gasteiger partial charge in [-0.3, -0.25) is 0 Å². The Morgan fingerprint density at radius 3 is 1.62 bits per heavy atom. The Bertz CT molecular complexity index is 682. The Balaban J connectivity index is 1.73. The number of unbranched alkanes of at least 4 members (excludes halogenated alkanes) is 1. The molecule has 3 aliphatic rings. The van der Waals surface area contributed by atoms with Gasteiger partial charge in [0.15, 0.2) is 12.6 Å². The third-order valence-corrected chi connectivity index (χ3v) is 7.04. The van der Waals surface area contributed by atoms with Crippen LogP contribution in [0.3, 0.4) is 0 Å². The van der Waals surface area contributed by atoms with E-state index in [4.69, 9.17) is 23.7 Å². The van der Waals surface area contributed by atoms with E-state index in [-0.39, 0.29) is 0 Å². The molecule has 37 heavy (non-hydrogen) atoms. The van der Waals surface area contributed by atoms with Crippen LogP contribution in [0.1, 0.15) is 26.2 Å². The third-order valence-electron chi connectivity index (χ3n) is 7.04. The van der Waals surface area contributed by atoms with E-state index in [0.717, 1.165) is 6.42 Å². The SMILES string of the molecule is CCCC[C@H]1O[C@H](COC2O[C@H](CO)[C@@H](O)[C@H](O)[C@@H]2O)[C@@H](O)[C@H](O[C@H]2O[C@H](CO)[C@@H](O)[C@H](O)[C@@H]2O)[C@@H]1O. The van der Waals surface area contributed by atoms with E-state index in [0.29, 0.717) is 12.8 Å². The minimum absolute atomic E-state index is 0.357. The van der Waals surface area contributed by atoms with Crippen LogP contribution in [0.4, 0.5) is 0 Å². The third kappa shape index (κ3) is 6.77. The Labute approximate surface area is 213 Å². The maximum atomic E-state index is 11.0.